The van der Waals surface area contributed by atoms with Crippen LogP contribution >= 0.6 is 12.2 Å². The first-order chi connectivity index (χ1) is 15.4. The third-order valence-corrected chi connectivity index (χ3v) is 4.90. The van der Waals surface area contributed by atoms with E-state index in [1.807, 2.05) is 50.2 Å². The van der Waals surface area contributed by atoms with Crippen molar-refractivity contribution in [1.82, 2.24) is 15.3 Å². The van der Waals surface area contributed by atoms with E-state index in [2.05, 4.69) is 43.9 Å². The maximum absolute atomic E-state index is 9.45. The van der Waals surface area contributed by atoms with E-state index < -0.39 is 0 Å². The fourth-order valence-electron chi connectivity index (χ4n) is 3.17. The predicted octanol–water partition coefficient (Wildman–Crippen LogP) is 4.36. The van der Waals surface area contributed by atoms with Gasteiger partial charge in [0, 0.05) is 23.6 Å². The molecule has 0 bridgehead atoms. The lowest BCUT2D eigenvalue weighted by molar-refractivity contribution is 0.475. The van der Waals surface area contributed by atoms with Gasteiger partial charge in [0.2, 0.25) is 11.9 Å². The first kappa shape index (κ1) is 23.1. The average Bonchev–Trinajstić information content (AvgIpc) is 2.74. The van der Waals surface area contributed by atoms with Crippen LogP contribution in [0.15, 0.2) is 59.6 Å². The highest BCUT2D eigenvalue weighted by Crippen LogP contribution is 2.15. The summed E-state index contributed by atoms with van der Waals surface area (Å²) in [5, 5.41) is 19.4. The van der Waals surface area contributed by atoms with Crippen molar-refractivity contribution in [2.24, 2.45) is 4.99 Å². The Labute approximate surface area is 194 Å². The first-order valence-electron chi connectivity index (χ1n) is 10.5. The minimum absolute atomic E-state index is 0.247. The van der Waals surface area contributed by atoms with E-state index in [0.29, 0.717) is 30.0 Å². The summed E-state index contributed by atoms with van der Waals surface area (Å²) >= 11 is 5.53. The van der Waals surface area contributed by atoms with Crippen molar-refractivity contribution >= 4 is 34.9 Å². The quantitative estimate of drug-likeness (QED) is 0.253. The molecule has 4 N–H and O–H groups in total. The Balaban J connectivity index is 1.73. The second-order valence-corrected chi connectivity index (χ2v) is 7.74. The number of nitrogens with one attached hydrogen (secondary N) is 3. The first-order valence-corrected chi connectivity index (χ1v) is 10.9. The highest BCUT2D eigenvalue weighted by atomic mass is 32.1. The molecule has 3 rings (SSSR count). The summed E-state index contributed by atoms with van der Waals surface area (Å²) < 4.78 is 0. The smallest absolute Gasteiger partial charge is 0.229 e. The van der Waals surface area contributed by atoms with Gasteiger partial charge in [-0.3, -0.25) is 10.3 Å². The number of aromatic nitrogens is 2. The summed E-state index contributed by atoms with van der Waals surface area (Å²) in [5.41, 5.74) is 4.93. The minimum Gasteiger partial charge on any atom is -0.508 e. The lowest BCUT2D eigenvalue weighted by Crippen LogP contribution is -2.39. The molecule has 0 saturated carbocycles. The van der Waals surface area contributed by atoms with Gasteiger partial charge < -0.3 is 15.7 Å². The molecule has 166 valence electrons. The van der Waals surface area contributed by atoms with E-state index in [1.165, 1.54) is 5.56 Å². The number of thiocarbonyl (C=S) groups is 1. The lowest BCUT2D eigenvalue weighted by Gasteiger charge is -2.16. The second-order valence-electron chi connectivity index (χ2n) is 7.34. The summed E-state index contributed by atoms with van der Waals surface area (Å²) in [6.45, 7) is 6.46. The van der Waals surface area contributed by atoms with Gasteiger partial charge in [0.25, 0.3) is 0 Å². The van der Waals surface area contributed by atoms with Gasteiger partial charge in [-0.15, -0.1) is 0 Å². The maximum Gasteiger partial charge on any atom is 0.229 e. The van der Waals surface area contributed by atoms with Gasteiger partial charge in [-0.25, -0.2) is 9.97 Å². The zero-order chi connectivity index (χ0) is 22.9. The van der Waals surface area contributed by atoms with Gasteiger partial charge in [-0.2, -0.15) is 0 Å². The number of hydrogen-bond donors (Lipinski definition) is 4. The molecule has 0 radical (unpaired) electrons. The molecule has 0 aliphatic carbocycles. The van der Waals surface area contributed by atoms with Crippen LogP contribution in [0, 0.1) is 13.8 Å². The summed E-state index contributed by atoms with van der Waals surface area (Å²) in [7, 11) is 0. The largest absolute Gasteiger partial charge is 0.508 e. The molecule has 0 amide bonds. The number of guanidine groups is 1. The zero-order valence-corrected chi connectivity index (χ0v) is 19.3. The fourth-order valence-corrected chi connectivity index (χ4v) is 3.38. The fraction of sp³-hybridized carbons (Fsp3) is 0.250. The Morgan fingerprint density at radius 2 is 1.69 bits per heavy atom. The van der Waals surface area contributed by atoms with Gasteiger partial charge in [-0.1, -0.05) is 37.3 Å². The number of rotatable bonds is 6. The van der Waals surface area contributed by atoms with Crippen molar-refractivity contribution in [3.05, 3.63) is 77.1 Å². The van der Waals surface area contributed by atoms with Crippen LogP contribution in [-0.2, 0) is 12.8 Å². The third-order valence-electron chi connectivity index (χ3n) is 4.70. The number of anilines is 2. The molecule has 32 heavy (non-hydrogen) atoms. The molecule has 0 spiro atoms. The van der Waals surface area contributed by atoms with Gasteiger partial charge in [0.1, 0.15) is 5.75 Å². The molecule has 3 aromatic rings. The van der Waals surface area contributed by atoms with Crippen LogP contribution in [0.2, 0.25) is 0 Å². The van der Waals surface area contributed by atoms with Crippen molar-refractivity contribution in [2.75, 3.05) is 17.2 Å². The van der Waals surface area contributed by atoms with Gasteiger partial charge in [-0.05, 0) is 74.3 Å². The molecule has 8 heteroatoms. The molecule has 2 aromatic carbocycles. The van der Waals surface area contributed by atoms with E-state index in [0.717, 1.165) is 29.1 Å². The van der Waals surface area contributed by atoms with E-state index in [-0.39, 0.29) is 5.75 Å². The Morgan fingerprint density at radius 3 is 2.38 bits per heavy atom. The minimum atomic E-state index is 0.247. The Kier molecular flexibility index (Phi) is 8.10. The van der Waals surface area contributed by atoms with Crippen molar-refractivity contribution < 1.29 is 5.11 Å². The molecule has 0 unspecified atom stereocenters. The van der Waals surface area contributed by atoms with E-state index in [4.69, 9.17) is 12.2 Å². The van der Waals surface area contributed by atoms with Crippen molar-refractivity contribution in [1.29, 1.82) is 0 Å². The van der Waals surface area contributed by atoms with E-state index >= 15 is 0 Å². The Morgan fingerprint density at radius 1 is 1.00 bits per heavy atom. The zero-order valence-electron chi connectivity index (χ0n) is 18.5. The number of para-hydroxylation sites is 1. The molecule has 0 saturated heterocycles. The van der Waals surface area contributed by atoms with Crippen LogP contribution in [0.5, 0.6) is 5.75 Å². The SMILES string of the molecule is CCc1ccccc1NC(=S)NC(=NCCc1ccc(O)cc1)Nc1nc(C)cc(C)n1. The molecular weight excluding hydrogens is 420 g/mol. The Bertz CT molecular complexity index is 1080. The number of phenolic OH excluding ortho intramolecular Hbond substituents is 1. The highest BCUT2D eigenvalue weighted by Gasteiger charge is 2.08. The standard InChI is InChI=1S/C24H28N6OS/c1-4-19-7-5-6-8-21(19)28-24(32)30-22(29-23-26-16(2)15-17(3)27-23)25-14-13-18-9-11-20(31)12-10-18/h5-12,15,31H,4,13-14H2,1-3H3,(H3,25,26,27,28,29,30,32). The van der Waals surface area contributed by atoms with Crippen LogP contribution in [-0.4, -0.2) is 32.7 Å². The summed E-state index contributed by atoms with van der Waals surface area (Å²) in [5.74, 6) is 1.16. The topological polar surface area (TPSA) is 94.5 Å². The average molecular weight is 449 g/mol. The molecule has 0 aliphatic rings. The molecule has 1 heterocycles. The molecule has 1 aromatic heterocycles. The summed E-state index contributed by atoms with van der Waals surface area (Å²) in [6.07, 6.45) is 1.60. The monoisotopic (exact) mass is 448 g/mol. The predicted molar refractivity (Wildman–Crippen MR) is 134 cm³/mol. The third kappa shape index (κ3) is 7.02. The van der Waals surface area contributed by atoms with Gasteiger partial charge >= 0.3 is 0 Å². The van der Waals surface area contributed by atoms with E-state index in [1.54, 1.807) is 12.1 Å². The van der Waals surface area contributed by atoms with Crippen LogP contribution in [0.3, 0.4) is 0 Å². The number of hydrogen-bond acceptors (Lipinski definition) is 5. The number of aliphatic imine (C=N–C) groups is 1. The van der Waals surface area contributed by atoms with Gasteiger partial charge in [0.15, 0.2) is 5.11 Å². The summed E-state index contributed by atoms with van der Waals surface area (Å²) in [4.78, 5) is 13.5. The number of nitrogens with zero attached hydrogens (tertiary/aromatic N) is 3. The highest BCUT2D eigenvalue weighted by molar-refractivity contribution is 7.80. The van der Waals surface area contributed by atoms with Crippen LogP contribution in [0.4, 0.5) is 11.6 Å². The second kappa shape index (κ2) is 11.2. The number of aromatic hydroxyl groups is 1. The van der Waals surface area contributed by atoms with Crippen molar-refractivity contribution in [3.8, 4) is 5.75 Å². The van der Waals surface area contributed by atoms with Crippen LogP contribution < -0.4 is 16.0 Å². The lowest BCUT2D eigenvalue weighted by atomic mass is 10.1. The van der Waals surface area contributed by atoms with Gasteiger partial charge in [0.05, 0.1) is 0 Å². The Hall–Kier alpha value is -3.52. The number of phenols is 1. The maximum atomic E-state index is 9.45. The number of aryl methyl sites for hydroxylation is 3. The van der Waals surface area contributed by atoms with E-state index in [9.17, 15) is 5.11 Å². The van der Waals surface area contributed by atoms with Crippen LogP contribution in [0.25, 0.3) is 0 Å². The molecular formula is C24H28N6OS. The van der Waals surface area contributed by atoms with Crippen molar-refractivity contribution in [2.45, 2.75) is 33.6 Å². The molecule has 7 nitrogen and oxygen atoms in total. The summed E-state index contributed by atoms with van der Waals surface area (Å²) in [6, 6.07) is 17.1. The molecule has 0 aliphatic heterocycles. The van der Waals surface area contributed by atoms with Crippen LogP contribution in [0.1, 0.15) is 29.4 Å². The normalized spacial score (nSPS) is 11.2. The molecule has 0 fully saturated rings. The van der Waals surface area contributed by atoms with Crippen molar-refractivity contribution in [3.63, 3.8) is 0 Å². The number of benzene rings is 2. The molecule has 0 atom stereocenters.